The summed E-state index contributed by atoms with van der Waals surface area (Å²) in [5.41, 5.74) is 1.78. The van der Waals surface area contributed by atoms with E-state index in [-0.39, 0.29) is 11.3 Å². The maximum absolute atomic E-state index is 12.3. The fourth-order valence-corrected chi connectivity index (χ4v) is 3.02. The third-order valence-corrected chi connectivity index (χ3v) is 4.44. The Hall–Kier alpha value is -1.22. The van der Waals surface area contributed by atoms with Crippen molar-refractivity contribution in [1.29, 1.82) is 0 Å². The molecule has 4 heteroatoms. The Kier molecular flexibility index (Phi) is 4.28. The van der Waals surface area contributed by atoms with Gasteiger partial charge in [0, 0.05) is 30.8 Å². The van der Waals surface area contributed by atoms with Gasteiger partial charge in [0.2, 0.25) is 0 Å². The molecule has 1 aliphatic rings. The molecule has 1 amide bonds. The van der Waals surface area contributed by atoms with Crippen molar-refractivity contribution in [3.05, 3.63) is 28.8 Å². The average molecular weight is 295 g/mol. The van der Waals surface area contributed by atoms with Gasteiger partial charge in [-0.1, -0.05) is 31.9 Å². The Labute approximate surface area is 126 Å². The number of anilines is 1. The summed E-state index contributed by atoms with van der Waals surface area (Å²) in [6.07, 6.45) is 3.57. The summed E-state index contributed by atoms with van der Waals surface area (Å²) in [5, 5.41) is 4.20. The van der Waals surface area contributed by atoms with Crippen molar-refractivity contribution in [1.82, 2.24) is 4.90 Å². The van der Waals surface area contributed by atoms with E-state index in [4.69, 9.17) is 11.6 Å². The van der Waals surface area contributed by atoms with E-state index in [9.17, 15) is 4.79 Å². The minimum Gasteiger partial charge on any atom is -0.381 e. The van der Waals surface area contributed by atoms with Crippen molar-refractivity contribution in [2.75, 3.05) is 19.4 Å². The molecule has 3 nitrogen and oxygen atoms in total. The fraction of sp³-hybridized carbons (Fsp3) is 0.562. The van der Waals surface area contributed by atoms with Crippen molar-refractivity contribution >= 4 is 23.2 Å². The van der Waals surface area contributed by atoms with Crippen LogP contribution >= 0.6 is 11.6 Å². The minimum atomic E-state index is -0.0000280. The molecule has 110 valence electrons. The second-order valence-electron chi connectivity index (χ2n) is 6.47. The number of carbonyl (C=O) groups excluding carboxylic acids is 1. The second kappa shape index (κ2) is 5.65. The number of nitrogens with zero attached hydrogens (tertiary/aromatic N) is 1. The van der Waals surface area contributed by atoms with E-state index in [0.717, 1.165) is 12.1 Å². The van der Waals surface area contributed by atoms with E-state index < -0.39 is 0 Å². The van der Waals surface area contributed by atoms with E-state index in [0.29, 0.717) is 16.6 Å². The molecule has 1 unspecified atom stereocenters. The number of hydrogen-bond acceptors (Lipinski definition) is 2. The van der Waals surface area contributed by atoms with Crippen molar-refractivity contribution < 1.29 is 4.79 Å². The normalized spacial score (nSPS) is 20.8. The summed E-state index contributed by atoms with van der Waals surface area (Å²) < 4.78 is 0. The number of halogens is 1. The molecule has 2 rings (SSSR count). The van der Waals surface area contributed by atoms with Crippen molar-refractivity contribution in [2.45, 2.75) is 39.2 Å². The topological polar surface area (TPSA) is 32.3 Å². The first-order valence-electron chi connectivity index (χ1n) is 7.09. The van der Waals surface area contributed by atoms with E-state index in [2.05, 4.69) is 19.2 Å². The predicted molar refractivity (Wildman–Crippen MR) is 84.5 cm³/mol. The molecule has 0 saturated heterocycles. The molecule has 0 spiro atoms. The van der Waals surface area contributed by atoms with Crippen LogP contribution in [0.25, 0.3) is 0 Å². The molecule has 1 fully saturated rings. The largest absolute Gasteiger partial charge is 0.381 e. The van der Waals surface area contributed by atoms with Crippen LogP contribution < -0.4 is 5.32 Å². The lowest BCUT2D eigenvalue weighted by molar-refractivity contribution is 0.0828. The lowest BCUT2D eigenvalue weighted by Gasteiger charge is -2.29. The summed E-state index contributed by atoms with van der Waals surface area (Å²) >= 11 is 6.09. The summed E-state index contributed by atoms with van der Waals surface area (Å²) in [5.74, 6) is -0.0000280. The quantitative estimate of drug-likeness (QED) is 0.913. The van der Waals surface area contributed by atoms with Gasteiger partial charge in [-0.25, -0.2) is 0 Å². The lowest BCUT2D eigenvalue weighted by atomic mass is 9.87. The van der Waals surface area contributed by atoms with Gasteiger partial charge < -0.3 is 10.2 Å². The summed E-state index contributed by atoms with van der Waals surface area (Å²) in [7, 11) is 3.53. The Morgan fingerprint density at radius 2 is 2.10 bits per heavy atom. The number of benzene rings is 1. The minimum absolute atomic E-state index is 0.0000280. The highest BCUT2D eigenvalue weighted by Crippen LogP contribution is 2.39. The first-order valence-corrected chi connectivity index (χ1v) is 7.47. The summed E-state index contributed by atoms with van der Waals surface area (Å²) in [6.45, 7) is 4.55. The molecule has 0 bridgehead atoms. The van der Waals surface area contributed by atoms with Gasteiger partial charge in [0.05, 0.1) is 5.56 Å². The van der Waals surface area contributed by atoms with Crippen LogP contribution in [0, 0.1) is 5.41 Å². The van der Waals surface area contributed by atoms with Crippen LogP contribution in [0.1, 0.15) is 43.5 Å². The molecule has 1 aromatic rings. The SMILES string of the molecule is CN(C)C(=O)c1ccc(Cl)cc1NC1CCCC1(C)C. The molecule has 20 heavy (non-hydrogen) atoms. The molecule has 1 aliphatic carbocycles. The highest BCUT2D eigenvalue weighted by Gasteiger charge is 2.34. The highest BCUT2D eigenvalue weighted by molar-refractivity contribution is 6.31. The molecule has 0 radical (unpaired) electrons. The number of nitrogens with one attached hydrogen (secondary N) is 1. The van der Waals surface area contributed by atoms with Gasteiger partial charge in [0.15, 0.2) is 0 Å². The number of carbonyl (C=O) groups is 1. The van der Waals surface area contributed by atoms with Crippen LogP contribution in [0.3, 0.4) is 0 Å². The van der Waals surface area contributed by atoms with Crippen LogP contribution in [0.4, 0.5) is 5.69 Å². The number of amides is 1. The molecule has 1 N–H and O–H groups in total. The Balaban J connectivity index is 2.30. The van der Waals surface area contributed by atoms with E-state index in [1.54, 1.807) is 31.1 Å². The van der Waals surface area contributed by atoms with E-state index in [1.807, 2.05) is 6.07 Å². The standard InChI is InChI=1S/C16H23ClN2O/c1-16(2)9-5-6-14(16)18-13-10-11(17)7-8-12(13)15(20)19(3)4/h7-8,10,14,18H,5-6,9H2,1-4H3. The Morgan fingerprint density at radius 1 is 1.40 bits per heavy atom. The lowest BCUT2D eigenvalue weighted by Crippen LogP contribution is -2.32. The molecule has 1 saturated carbocycles. The van der Waals surface area contributed by atoms with Crippen LogP contribution in [0.5, 0.6) is 0 Å². The van der Waals surface area contributed by atoms with Crippen molar-refractivity contribution in [2.24, 2.45) is 5.41 Å². The molecule has 0 aliphatic heterocycles. The van der Waals surface area contributed by atoms with E-state index in [1.165, 1.54) is 12.8 Å². The highest BCUT2D eigenvalue weighted by atomic mass is 35.5. The predicted octanol–water partition coefficient (Wildman–Crippen LogP) is 4.03. The monoisotopic (exact) mass is 294 g/mol. The molecule has 1 aromatic carbocycles. The second-order valence-corrected chi connectivity index (χ2v) is 6.90. The van der Waals surface area contributed by atoms with Crippen LogP contribution in [-0.2, 0) is 0 Å². The first kappa shape index (κ1) is 15.2. The molecule has 1 atom stereocenters. The van der Waals surface area contributed by atoms with Crippen LogP contribution in [0.2, 0.25) is 5.02 Å². The zero-order chi connectivity index (χ0) is 14.9. The van der Waals surface area contributed by atoms with Gasteiger partial charge in [-0.15, -0.1) is 0 Å². The fourth-order valence-electron chi connectivity index (χ4n) is 2.85. The van der Waals surface area contributed by atoms with Gasteiger partial charge in [-0.3, -0.25) is 4.79 Å². The van der Waals surface area contributed by atoms with Crippen LogP contribution in [0.15, 0.2) is 18.2 Å². The van der Waals surface area contributed by atoms with Gasteiger partial charge in [0.1, 0.15) is 0 Å². The average Bonchev–Trinajstić information content (AvgIpc) is 2.68. The Bertz CT molecular complexity index is 511. The number of hydrogen-bond donors (Lipinski definition) is 1. The third kappa shape index (κ3) is 3.09. The maximum Gasteiger partial charge on any atom is 0.255 e. The Morgan fingerprint density at radius 3 is 2.65 bits per heavy atom. The van der Waals surface area contributed by atoms with Gasteiger partial charge in [-0.2, -0.15) is 0 Å². The maximum atomic E-state index is 12.3. The zero-order valence-electron chi connectivity index (χ0n) is 12.7. The third-order valence-electron chi connectivity index (χ3n) is 4.21. The molecular formula is C16H23ClN2O. The number of rotatable bonds is 3. The van der Waals surface area contributed by atoms with Gasteiger partial charge in [-0.05, 0) is 36.5 Å². The van der Waals surface area contributed by atoms with E-state index >= 15 is 0 Å². The van der Waals surface area contributed by atoms with Gasteiger partial charge >= 0.3 is 0 Å². The smallest absolute Gasteiger partial charge is 0.255 e. The zero-order valence-corrected chi connectivity index (χ0v) is 13.4. The van der Waals surface area contributed by atoms with Crippen molar-refractivity contribution in [3.63, 3.8) is 0 Å². The molecular weight excluding hydrogens is 272 g/mol. The van der Waals surface area contributed by atoms with Crippen LogP contribution in [-0.4, -0.2) is 30.9 Å². The van der Waals surface area contributed by atoms with Crippen molar-refractivity contribution in [3.8, 4) is 0 Å². The summed E-state index contributed by atoms with van der Waals surface area (Å²) in [6, 6.07) is 5.81. The summed E-state index contributed by atoms with van der Waals surface area (Å²) in [4.78, 5) is 13.8. The molecule has 0 aromatic heterocycles. The molecule has 0 heterocycles. The van der Waals surface area contributed by atoms with Gasteiger partial charge in [0.25, 0.3) is 5.91 Å². The first-order chi connectivity index (χ1) is 9.31.